The standard InChI is InChI=1S/C37H58N4O4.BrH/c1-6-7-8-9-15-19-30-45-37(43)31(2)38-36(42)32-20-22-33(23-21-32)39-40-34-24-26-35(27-25-34)44-29-18-16-13-11-10-12-14-17-28-41(3,4)5;/h20-27,31H,6-19,28-30H2,1-5H3;1H/t31-;/m0./s1. The Labute approximate surface area is 289 Å². The number of azo groups is 1. The van der Waals surface area contributed by atoms with E-state index in [2.05, 4.69) is 43.6 Å². The first-order valence-electron chi connectivity index (χ1n) is 17.2. The molecular formula is C37H59BrN4O4. The Bertz CT molecular complexity index is 1120. The fourth-order valence-corrected chi connectivity index (χ4v) is 4.86. The van der Waals surface area contributed by atoms with Crippen LogP contribution in [0, 0.1) is 0 Å². The number of amides is 1. The first kappa shape index (κ1) is 41.2. The largest absolute Gasteiger partial charge is 1.00 e. The third kappa shape index (κ3) is 19.7. The molecule has 46 heavy (non-hydrogen) atoms. The second-order valence-electron chi connectivity index (χ2n) is 13.1. The molecule has 1 atom stereocenters. The number of hydrogen-bond donors (Lipinski definition) is 1. The van der Waals surface area contributed by atoms with Crippen LogP contribution in [0.2, 0.25) is 0 Å². The third-order valence-corrected chi connectivity index (χ3v) is 7.68. The smallest absolute Gasteiger partial charge is 0.328 e. The molecule has 0 aromatic heterocycles. The van der Waals surface area contributed by atoms with E-state index < -0.39 is 12.0 Å². The fourth-order valence-electron chi connectivity index (χ4n) is 4.86. The van der Waals surface area contributed by atoms with Crippen molar-refractivity contribution in [3.63, 3.8) is 0 Å². The zero-order valence-electron chi connectivity index (χ0n) is 29.1. The molecule has 0 heterocycles. The fraction of sp³-hybridized carbons (Fsp3) is 0.622. The summed E-state index contributed by atoms with van der Waals surface area (Å²) in [7, 11) is 6.78. The number of quaternary nitrogens is 1. The molecule has 8 nitrogen and oxygen atoms in total. The van der Waals surface area contributed by atoms with E-state index in [1.165, 1.54) is 70.8 Å². The van der Waals surface area contributed by atoms with Gasteiger partial charge in [0.05, 0.1) is 52.3 Å². The van der Waals surface area contributed by atoms with Crippen molar-refractivity contribution in [2.24, 2.45) is 10.2 Å². The first-order chi connectivity index (χ1) is 21.7. The highest BCUT2D eigenvalue weighted by Gasteiger charge is 2.18. The number of benzene rings is 2. The van der Waals surface area contributed by atoms with Gasteiger partial charge < -0.3 is 36.3 Å². The predicted octanol–water partition coefficient (Wildman–Crippen LogP) is 6.33. The van der Waals surface area contributed by atoms with E-state index in [4.69, 9.17) is 9.47 Å². The molecule has 0 bridgehead atoms. The van der Waals surface area contributed by atoms with E-state index >= 15 is 0 Å². The van der Waals surface area contributed by atoms with Gasteiger partial charge in [0.2, 0.25) is 0 Å². The van der Waals surface area contributed by atoms with Crippen LogP contribution >= 0.6 is 0 Å². The van der Waals surface area contributed by atoms with Crippen LogP contribution in [0.5, 0.6) is 5.75 Å². The lowest BCUT2D eigenvalue weighted by Crippen LogP contribution is -3.00. The van der Waals surface area contributed by atoms with Gasteiger partial charge in [-0.2, -0.15) is 10.2 Å². The number of esters is 1. The summed E-state index contributed by atoms with van der Waals surface area (Å²) in [5.41, 5.74) is 1.79. The number of ether oxygens (including phenoxy) is 2. The predicted molar refractivity (Wildman–Crippen MR) is 184 cm³/mol. The van der Waals surface area contributed by atoms with Crippen LogP contribution in [0.4, 0.5) is 11.4 Å². The van der Waals surface area contributed by atoms with E-state index in [0.29, 0.717) is 17.9 Å². The maximum atomic E-state index is 12.6. The average molecular weight is 704 g/mol. The van der Waals surface area contributed by atoms with Gasteiger partial charge in [-0.1, -0.05) is 71.1 Å². The average Bonchev–Trinajstić information content (AvgIpc) is 3.02. The van der Waals surface area contributed by atoms with Gasteiger partial charge in [0.15, 0.2) is 0 Å². The van der Waals surface area contributed by atoms with Crippen LogP contribution in [0.15, 0.2) is 58.8 Å². The number of rotatable bonds is 24. The topological polar surface area (TPSA) is 89.3 Å². The maximum Gasteiger partial charge on any atom is 0.328 e. The Kier molecular flexibility index (Phi) is 21.9. The summed E-state index contributed by atoms with van der Waals surface area (Å²) < 4.78 is 12.3. The molecule has 2 rings (SSSR count). The molecule has 0 aliphatic rings. The molecule has 0 spiro atoms. The lowest BCUT2D eigenvalue weighted by Gasteiger charge is -2.23. The quantitative estimate of drug-likeness (QED) is 0.0599. The molecule has 2 aromatic carbocycles. The van der Waals surface area contributed by atoms with Crippen LogP contribution in [-0.2, 0) is 9.53 Å². The Morgan fingerprint density at radius 1 is 0.696 bits per heavy atom. The van der Waals surface area contributed by atoms with Crippen molar-refractivity contribution >= 4 is 23.3 Å². The summed E-state index contributed by atoms with van der Waals surface area (Å²) in [6.45, 7) is 6.20. The van der Waals surface area contributed by atoms with Crippen molar-refractivity contribution in [2.75, 3.05) is 40.9 Å². The zero-order chi connectivity index (χ0) is 32.8. The highest BCUT2D eigenvalue weighted by Crippen LogP contribution is 2.22. The maximum absolute atomic E-state index is 12.6. The molecule has 0 unspecified atom stereocenters. The zero-order valence-corrected chi connectivity index (χ0v) is 30.7. The molecule has 0 radical (unpaired) electrons. The number of carbonyl (C=O) groups is 2. The normalized spacial score (nSPS) is 12.0. The molecule has 9 heteroatoms. The van der Waals surface area contributed by atoms with E-state index in [1.807, 2.05) is 24.3 Å². The summed E-state index contributed by atoms with van der Waals surface area (Å²) >= 11 is 0. The minimum absolute atomic E-state index is 0. The lowest BCUT2D eigenvalue weighted by molar-refractivity contribution is -0.870. The number of nitrogens with one attached hydrogen (secondary N) is 1. The van der Waals surface area contributed by atoms with Crippen molar-refractivity contribution in [3.8, 4) is 5.75 Å². The molecule has 0 fully saturated rings. The second kappa shape index (κ2) is 24.4. The number of carbonyl (C=O) groups excluding carboxylic acids is 2. The van der Waals surface area contributed by atoms with Gasteiger partial charge in [-0.15, -0.1) is 0 Å². The highest BCUT2D eigenvalue weighted by molar-refractivity contribution is 5.96. The van der Waals surface area contributed by atoms with E-state index in [0.717, 1.165) is 48.2 Å². The molecule has 1 amide bonds. The molecule has 0 saturated carbocycles. The number of hydrogen-bond acceptors (Lipinski definition) is 6. The molecule has 0 aliphatic carbocycles. The van der Waals surface area contributed by atoms with E-state index in [-0.39, 0.29) is 22.9 Å². The summed E-state index contributed by atoms with van der Waals surface area (Å²) in [6, 6.07) is 13.7. The SMILES string of the molecule is CCCCCCCCOC(=O)[C@H](C)NC(=O)c1ccc(N=Nc2ccc(OCCCCCCCCCC[N+](C)(C)C)cc2)cc1.[Br-]. The van der Waals surface area contributed by atoms with Crippen LogP contribution in [0.25, 0.3) is 0 Å². The van der Waals surface area contributed by atoms with Crippen molar-refractivity contribution in [2.45, 2.75) is 110 Å². The van der Waals surface area contributed by atoms with Gasteiger partial charge in [-0.3, -0.25) is 4.79 Å². The molecular weight excluding hydrogens is 644 g/mol. The third-order valence-electron chi connectivity index (χ3n) is 7.68. The monoisotopic (exact) mass is 702 g/mol. The highest BCUT2D eigenvalue weighted by atomic mass is 79.9. The Morgan fingerprint density at radius 3 is 1.72 bits per heavy atom. The summed E-state index contributed by atoms with van der Waals surface area (Å²) in [4.78, 5) is 24.8. The van der Waals surface area contributed by atoms with Crippen molar-refractivity contribution in [1.82, 2.24) is 5.32 Å². The molecule has 2 aromatic rings. The Balaban J connectivity index is 0.0000106. The van der Waals surface area contributed by atoms with Gasteiger partial charge >= 0.3 is 5.97 Å². The lowest BCUT2D eigenvalue weighted by atomic mass is 10.1. The number of halogens is 1. The molecule has 1 N–H and O–H groups in total. The van der Waals surface area contributed by atoms with Crippen molar-refractivity contribution in [3.05, 3.63) is 54.1 Å². The van der Waals surface area contributed by atoms with E-state index in [1.54, 1.807) is 31.2 Å². The second-order valence-corrected chi connectivity index (χ2v) is 13.1. The number of nitrogens with zero attached hydrogens (tertiary/aromatic N) is 3. The summed E-state index contributed by atoms with van der Waals surface area (Å²) in [6.07, 6.45) is 17.0. The van der Waals surface area contributed by atoms with Gasteiger partial charge in [0, 0.05) is 5.56 Å². The summed E-state index contributed by atoms with van der Waals surface area (Å²) in [5.74, 6) is 0.0864. The summed E-state index contributed by atoms with van der Waals surface area (Å²) in [5, 5.41) is 11.3. The number of unbranched alkanes of at least 4 members (excludes halogenated alkanes) is 12. The minimum Gasteiger partial charge on any atom is -1.00 e. The Morgan fingerprint density at radius 2 is 1.17 bits per heavy atom. The molecule has 0 saturated heterocycles. The first-order valence-corrected chi connectivity index (χ1v) is 17.2. The Hall–Kier alpha value is -2.78. The van der Waals surface area contributed by atoms with Gasteiger partial charge in [-0.25, -0.2) is 4.79 Å². The van der Waals surface area contributed by atoms with Gasteiger partial charge in [0.1, 0.15) is 11.8 Å². The van der Waals surface area contributed by atoms with Crippen LogP contribution < -0.4 is 27.0 Å². The molecule has 258 valence electrons. The minimum atomic E-state index is -0.716. The van der Waals surface area contributed by atoms with Crippen LogP contribution in [-0.4, -0.2) is 63.3 Å². The van der Waals surface area contributed by atoms with Crippen molar-refractivity contribution in [1.29, 1.82) is 0 Å². The van der Waals surface area contributed by atoms with Crippen LogP contribution in [0.3, 0.4) is 0 Å². The van der Waals surface area contributed by atoms with Crippen LogP contribution in [0.1, 0.15) is 114 Å². The van der Waals surface area contributed by atoms with Gasteiger partial charge in [0.25, 0.3) is 5.91 Å². The van der Waals surface area contributed by atoms with Crippen molar-refractivity contribution < 1.29 is 40.5 Å². The molecule has 0 aliphatic heterocycles. The van der Waals surface area contributed by atoms with E-state index in [9.17, 15) is 9.59 Å². The van der Waals surface area contributed by atoms with Gasteiger partial charge in [-0.05, 0) is 81.1 Å².